The molecule has 46 heavy (non-hydrogen) atoms. The van der Waals surface area contributed by atoms with Gasteiger partial charge in [-0.15, -0.1) is 0 Å². The first kappa shape index (κ1) is 35.9. The first-order valence-electron chi connectivity index (χ1n) is 15.8. The summed E-state index contributed by atoms with van der Waals surface area (Å²) in [4.78, 5) is 44.0. The zero-order valence-electron chi connectivity index (χ0n) is 28.2. The number of hydrogen-bond acceptors (Lipinski definition) is 5. The fraction of sp³-hybridized carbons (Fsp3) is 0.395. The van der Waals surface area contributed by atoms with Crippen LogP contribution in [0.15, 0.2) is 85.4 Å². The highest BCUT2D eigenvalue weighted by molar-refractivity contribution is 5.99. The number of rotatable bonds is 14. The van der Waals surface area contributed by atoms with Crippen molar-refractivity contribution in [3.8, 4) is 5.75 Å². The van der Waals surface area contributed by atoms with Crippen LogP contribution in [0.3, 0.4) is 0 Å². The zero-order valence-corrected chi connectivity index (χ0v) is 28.2. The Morgan fingerprint density at radius 3 is 2.17 bits per heavy atom. The predicted octanol–water partition coefficient (Wildman–Crippen LogP) is 7.81. The number of carbonyl (C=O) groups excluding carboxylic acids is 3. The lowest BCUT2D eigenvalue weighted by Crippen LogP contribution is -2.55. The SMILES string of the molecule is C=Cc1cccc(C(C(=O)Nc2ccc(OC)cc2)N(C(=O)C(Cc2ccccc2)NC(=O)OC(C)(C)C)C(C)CCC(C)C)c1. The summed E-state index contributed by atoms with van der Waals surface area (Å²) in [6.07, 6.45) is 2.71. The molecule has 8 heteroatoms. The van der Waals surface area contributed by atoms with Gasteiger partial charge in [0.1, 0.15) is 23.4 Å². The van der Waals surface area contributed by atoms with Gasteiger partial charge in [-0.25, -0.2) is 4.79 Å². The van der Waals surface area contributed by atoms with Gasteiger partial charge in [-0.3, -0.25) is 9.59 Å². The van der Waals surface area contributed by atoms with E-state index in [-0.39, 0.29) is 24.3 Å². The Hall–Kier alpha value is -4.59. The normalized spacial score (nSPS) is 13.2. The van der Waals surface area contributed by atoms with E-state index in [4.69, 9.17) is 9.47 Å². The lowest BCUT2D eigenvalue weighted by molar-refractivity contribution is -0.143. The third-order valence-electron chi connectivity index (χ3n) is 7.51. The van der Waals surface area contributed by atoms with Crippen LogP contribution in [0.1, 0.15) is 77.1 Å². The van der Waals surface area contributed by atoms with Crippen molar-refractivity contribution < 1.29 is 23.9 Å². The van der Waals surface area contributed by atoms with Gasteiger partial charge in [0.2, 0.25) is 5.91 Å². The third kappa shape index (κ3) is 10.8. The van der Waals surface area contributed by atoms with Gasteiger partial charge in [0.25, 0.3) is 5.91 Å². The summed E-state index contributed by atoms with van der Waals surface area (Å²) < 4.78 is 10.9. The molecule has 0 fully saturated rings. The molecule has 0 aliphatic rings. The molecule has 0 aliphatic carbocycles. The molecule has 0 heterocycles. The van der Waals surface area contributed by atoms with Gasteiger partial charge in [-0.05, 0) is 93.5 Å². The second-order valence-electron chi connectivity index (χ2n) is 12.9. The van der Waals surface area contributed by atoms with E-state index < -0.39 is 23.8 Å². The largest absolute Gasteiger partial charge is 0.497 e. The van der Waals surface area contributed by atoms with E-state index in [1.165, 1.54) is 0 Å². The Kier molecular flexibility index (Phi) is 13.0. The van der Waals surface area contributed by atoms with E-state index in [2.05, 4.69) is 31.1 Å². The minimum absolute atomic E-state index is 0.214. The van der Waals surface area contributed by atoms with Crippen molar-refractivity contribution in [3.05, 3.63) is 102 Å². The summed E-state index contributed by atoms with van der Waals surface area (Å²) in [6.45, 7) is 15.4. The van der Waals surface area contributed by atoms with Crippen molar-refractivity contribution in [3.63, 3.8) is 0 Å². The molecule has 0 aliphatic heterocycles. The summed E-state index contributed by atoms with van der Waals surface area (Å²) in [5, 5.41) is 5.86. The topological polar surface area (TPSA) is 97.0 Å². The Morgan fingerprint density at radius 1 is 0.913 bits per heavy atom. The summed E-state index contributed by atoms with van der Waals surface area (Å²) in [5.74, 6) is 0.274. The fourth-order valence-electron chi connectivity index (χ4n) is 5.17. The Morgan fingerprint density at radius 2 is 1.59 bits per heavy atom. The molecule has 0 saturated carbocycles. The number of anilines is 1. The second kappa shape index (κ2) is 16.6. The Labute approximate surface area is 274 Å². The average molecular weight is 628 g/mol. The molecule has 3 aromatic rings. The van der Waals surface area contributed by atoms with Gasteiger partial charge in [0.15, 0.2) is 0 Å². The van der Waals surface area contributed by atoms with E-state index in [9.17, 15) is 14.4 Å². The quantitative estimate of drug-likeness (QED) is 0.190. The number of benzene rings is 3. The van der Waals surface area contributed by atoms with Crippen LogP contribution in [0.2, 0.25) is 0 Å². The molecule has 246 valence electrons. The molecule has 3 unspecified atom stereocenters. The van der Waals surface area contributed by atoms with Gasteiger partial charge < -0.3 is 25.0 Å². The summed E-state index contributed by atoms with van der Waals surface area (Å²) in [5.41, 5.74) is 2.10. The van der Waals surface area contributed by atoms with Crippen molar-refractivity contribution in [1.29, 1.82) is 0 Å². The molecule has 8 nitrogen and oxygen atoms in total. The third-order valence-corrected chi connectivity index (χ3v) is 7.51. The molecular weight excluding hydrogens is 578 g/mol. The molecule has 0 spiro atoms. The van der Waals surface area contributed by atoms with E-state index in [0.717, 1.165) is 17.5 Å². The van der Waals surface area contributed by atoms with Crippen molar-refractivity contribution >= 4 is 29.7 Å². The van der Waals surface area contributed by atoms with Crippen LogP contribution in [-0.4, -0.2) is 47.6 Å². The summed E-state index contributed by atoms with van der Waals surface area (Å²) in [7, 11) is 1.58. The lowest BCUT2D eigenvalue weighted by atomic mass is 9.95. The number of amides is 3. The van der Waals surface area contributed by atoms with Crippen molar-refractivity contribution in [1.82, 2.24) is 10.2 Å². The zero-order chi connectivity index (χ0) is 33.9. The van der Waals surface area contributed by atoms with Gasteiger partial charge in [-0.1, -0.05) is 75.0 Å². The smallest absolute Gasteiger partial charge is 0.408 e. The van der Waals surface area contributed by atoms with Crippen LogP contribution in [0, 0.1) is 5.92 Å². The Balaban J connectivity index is 2.14. The molecule has 0 aromatic heterocycles. The minimum atomic E-state index is -1.02. The highest BCUT2D eigenvalue weighted by Gasteiger charge is 2.39. The number of nitrogens with one attached hydrogen (secondary N) is 2. The van der Waals surface area contributed by atoms with Crippen LogP contribution < -0.4 is 15.4 Å². The highest BCUT2D eigenvalue weighted by atomic mass is 16.6. The van der Waals surface area contributed by atoms with Crippen molar-refractivity contribution in [2.75, 3.05) is 12.4 Å². The molecule has 3 atom stereocenters. The number of carbonyl (C=O) groups is 3. The van der Waals surface area contributed by atoms with Crippen LogP contribution in [-0.2, 0) is 20.7 Å². The number of nitrogens with zero attached hydrogens (tertiary/aromatic N) is 1. The summed E-state index contributed by atoms with van der Waals surface area (Å²) in [6, 6.07) is 21.6. The van der Waals surface area contributed by atoms with E-state index >= 15 is 0 Å². The number of ether oxygens (including phenoxy) is 2. The number of methoxy groups -OCH3 is 1. The van der Waals surface area contributed by atoms with Crippen LogP contribution in [0.4, 0.5) is 10.5 Å². The minimum Gasteiger partial charge on any atom is -0.497 e. The van der Waals surface area contributed by atoms with Crippen LogP contribution >= 0.6 is 0 Å². The van der Waals surface area contributed by atoms with Crippen molar-refractivity contribution in [2.45, 2.75) is 84.5 Å². The fourth-order valence-corrected chi connectivity index (χ4v) is 5.17. The monoisotopic (exact) mass is 627 g/mol. The molecule has 0 saturated heterocycles. The predicted molar refractivity (Wildman–Crippen MR) is 185 cm³/mol. The van der Waals surface area contributed by atoms with Gasteiger partial charge in [0.05, 0.1) is 7.11 Å². The maximum absolute atomic E-state index is 14.9. The summed E-state index contributed by atoms with van der Waals surface area (Å²) >= 11 is 0. The number of alkyl carbamates (subject to hydrolysis) is 1. The first-order valence-corrected chi connectivity index (χ1v) is 15.8. The second-order valence-corrected chi connectivity index (χ2v) is 12.9. The number of hydrogen-bond donors (Lipinski definition) is 2. The van der Waals surface area contributed by atoms with Gasteiger partial charge >= 0.3 is 6.09 Å². The maximum atomic E-state index is 14.9. The highest BCUT2D eigenvalue weighted by Crippen LogP contribution is 2.30. The van der Waals surface area contributed by atoms with Crippen LogP contribution in [0.5, 0.6) is 5.75 Å². The van der Waals surface area contributed by atoms with Crippen LogP contribution in [0.25, 0.3) is 6.08 Å². The molecule has 0 radical (unpaired) electrons. The molecule has 3 amide bonds. The standard InChI is InChI=1S/C38H49N3O5/c1-9-28-16-13-17-30(24-28)34(35(42)39-31-20-22-32(45-8)23-21-31)41(27(4)19-18-26(2)3)36(43)33(25-29-14-11-10-12-15-29)40-37(44)46-38(5,6)7/h9-17,20-24,26-27,33-34H,1,18-19,25H2,2-8H3,(H,39,42)(H,40,44). The lowest BCUT2D eigenvalue weighted by Gasteiger charge is -2.39. The van der Waals surface area contributed by atoms with E-state index in [0.29, 0.717) is 29.3 Å². The molecule has 0 bridgehead atoms. The molecule has 2 N–H and O–H groups in total. The van der Waals surface area contributed by atoms with Crippen molar-refractivity contribution in [2.24, 2.45) is 5.92 Å². The first-order chi connectivity index (χ1) is 21.8. The average Bonchev–Trinajstić information content (AvgIpc) is 3.01. The van der Waals surface area contributed by atoms with E-state index in [1.807, 2.05) is 61.5 Å². The molecular formula is C38H49N3O5. The van der Waals surface area contributed by atoms with Gasteiger partial charge in [0, 0.05) is 18.2 Å². The Bertz CT molecular complexity index is 1450. The molecule has 3 aromatic carbocycles. The van der Waals surface area contributed by atoms with Gasteiger partial charge in [-0.2, -0.15) is 0 Å². The van der Waals surface area contributed by atoms with E-state index in [1.54, 1.807) is 63.1 Å². The molecule has 3 rings (SSSR count). The maximum Gasteiger partial charge on any atom is 0.408 e.